The first-order valence-electron chi connectivity index (χ1n) is 6.97. The van der Waals surface area contributed by atoms with Gasteiger partial charge in [-0.25, -0.2) is 9.18 Å². The van der Waals surface area contributed by atoms with E-state index >= 15 is 0 Å². The van der Waals surface area contributed by atoms with Crippen LogP contribution < -0.4 is 15.4 Å². The van der Waals surface area contributed by atoms with E-state index in [0.29, 0.717) is 5.56 Å². The van der Waals surface area contributed by atoms with Crippen molar-refractivity contribution in [2.75, 3.05) is 11.9 Å². The third-order valence-corrected chi connectivity index (χ3v) is 3.10. The molecule has 0 saturated carbocycles. The summed E-state index contributed by atoms with van der Waals surface area (Å²) in [5.74, 6) is -1.28. The zero-order chi connectivity index (χ0) is 17.5. The van der Waals surface area contributed by atoms with Gasteiger partial charge in [0.1, 0.15) is 5.82 Å². The Kier molecular flexibility index (Phi) is 6.02. The van der Waals surface area contributed by atoms with E-state index in [1.54, 1.807) is 30.3 Å². The molecule has 1 atom stereocenters. The van der Waals surface area contributed by atoms with Gasteiger partial charge in [-0.2, -0.15) is 8.78 Å². The summed E-state index contributed by atoms with van der Waals surface area (Å²) in [7, 11) is 0. The van der Waals surface area contributed by atoms with Gasteiger partial charge < -0.3 is 20.5 Å². The molecule has 0 spiro atoms. The van der Waals surface area contributed by atoms with Gasteiger partial charge in [0.25, 0.3) is 0 Å². The fourth-order valence-electron chi connectivity index (χ4n) is 2.03. The second-order valence-corrected chi connectivity index (χ2v) is 4.76. The molecule has 2 aromatic rings. The standard InChI is InChI=1S/C16H15F3N2O3/c17-11-6-7-12(14(8-11)24-15(18)19)20-16(23)21-13(9-22)10-4-2-1-3-5-10/h1-8,13,15,22H,9H2,(H2,20,21,23)/t13-/m1/s1. The minimum absolute atomic E-state index is 0.126. The number of benzene rings is 2. The molecule has 2 rings (SSSR count). The number of amides is 2. The average molecular weight is 340 g/mol. The molecule has 0 aliphatic heterocycles. The summed E-state index contributed by atoms with van der Waals surface area (Å²) in [5.41, 5.74) is 0.539. The number of nitrogens with one attached hydrogen (secondary N) is 2. The molecule has 2 amide bonds. The van der Waals surface area contributed by atoms with Gasteiger partial charge in [0.15, 0.2) is 5.75 Å². The van der Waals surface area contributed by atoms with Crippen LogP contribution in [0.3, 0.4) is 0 Å². The van der Waals surface area contributed by atoms with Crippen LogP contribution in [0.1, 0.15) is 11.6 Å². The van der Waals surface area contributed by atoms with Gasteiger partial charge in [0.2, 0.25) is 0 Å². The zero-order valence-electron chi connectivity index (χ0n) is 12.4. The average Bonchev–Trinajstić information content (AvgIpc) is 2.55. The number of aliphatic hydroxyl groups excluding tert-OH is 1. The second kappa shape index (κ2) is 8.21. The first kappa shape index (κ1) is 17.6. The van der Waals surface area contributed by atoms with E-state index in [4.69, 9.17) is 0 Å². The molecule has 0 unspecified atom stereocenters. The number of aliphatic hydroxyl groups is 1. The van der Waals surface area contributed by atoms with Crippen LogP contribution >= 0.6 is 0 Å². The van der Waals surface area contributed by atoms with Crippen LogP contribution in [-0.4, -0.2) is 24.4 Å². The molecule has 0 fully saturated rings. The van der Waals surface area contributed by atoms with E-state index in [2.05, 4.69) is 15.4 Å². The summed E-state index contributed by atoms with van der Waals surface area (Å²) in [6.07, 6.45) is 0. The second-order valence-electron chi connectivity index (χ2n) is 4.76. The minimum atomic E-state index is -3.16. The predicted molar refractivity (Wildman–Crippen MR) is 81.5 cm³/mol. The summed E-state index contributed by atoms with van der Waals surface area (Å²) in [6, 6.07) is 10.1. The number of rotatable bonds is 6. The van der Waals surface area contributed by atoms with Crippen molar-refractivity contribution >= 4 is 11.7 Å². The molecule has 2 aromatic carbocycles. The molecule has 128 valence electrons. The number of hydrogen-bond acceptors (Lipinski definition) is 3. The van der Waals surface area contributed by atoms with Crippen molar-refractivity contribution in [1.29, 1.82) is 0 Å². The highest BCUT2D eigenvalue weighted by Gasteiger charge is 2.16. The first-order valence-corrected chi connectivity index (χ1v) is 6.97. The summed E-state index contributed by atoms with van der Waals surface area (Å²) in [4.78, 5) is 12.0. The SMILES string of the molecule is O=C(Nc1ccc(F)cc1OC(F)F)N[C@H](CO)c1ccccc1. The lowest BCUT2D eigenvalue weighted by Crippen LogP contribution is -2.34. The molecule has 0 bridgehead atoms. The molecule has 3 N–H and O–H groups in total. The smallest absolute Gasteiger partial charge is 0.387 e. The maximum Gasteiger partial charge on any atom is 0.387 e. The van der Waals surface area contributed by atoms with E-state index in [1.165, 1.54) is 0 Å². The fourth-order valence-corrected chi connectivity index (χ4v) is 2.03. The largest absolute Gasteiger partial charge is 0.432 e. The molecule has 0 saturated heterocycles. The maximum absolute atomic E-state index is 13.1. The molecule has 0 aliphatic carbocycles. The Balaban J connectivity index is 2.09. The van der Waals surface area contributed by atoms with E-state index in [9.17, 15) is 23.1 Å². The van der Waals surface area contributed by atoms with Gasteiger partial charge in [0.05, 0.1) is 18.3 Å². The van der Waals surface area contributed by atoms with Crippen LogP contribution in [0.5, 0.6) is 5.75 Å². The molecule has 0 aliphatic rings. The quantitative estimate of drug-likeness (QED) is 0.756. The molecule has 8 heteroatoms. The predicted octanol–water partition coefficient (Wildman–Crippen LogP) is 3.28. The van der Waals surface area contributed by atoms with Crippen molar-refractivity contribution in [2.45, 2.75) is 12.7 Å². The topological polar surface area (TPSA) is 70.6 Å². The third kappa shape index (κ3) is 4.88. The number of alkyl halides is 2. The van der Waals surface area contributed by atoms with Crippen molar-refractivity contribution in [3.63, 3.8) is 0 Å². The number of urea groups is 1. The molecule has 24 heavy (non-hydrogen) atoms. The van der Waals surface area contributed by atoms with Crippen LogP contribution in [0.25, 0.3) is 0 Å². The Bertz CT molecular complexity index is 684. The Morgan fingerprint density at radius 3 is 2.50 bits per heavy atom. The number of hydrogen-bond donors (Lipinski definition) is 3. The summed E-state index contributed by atoms with van der Waals surface area (Å²) >= 11 is 0. The third-order valence-electron chi connectivity index (χ3n) is 3.10. The summed E-state index contributed by atoms with van der Waals surface area (Å²) in [5, 5.41) is 14.2. The number of halogens is 3. The highest BCUT2D eigenvalue weighted by molar-refractivity contribution is 5.91. The van der Waals surface area contributed by atoms with Crippen molar-refractivity contribution in [2.24, 2.45) is 0 Å². The Labute approximate surface area is 136 Å². The van der Waals surface area contributed by atoms with Crippen LogP contribution in [0, 0.1) is 5.82 Å². The van der Waals surface area contributed by atoms with Gasteiger partial charge in [0, 0.05) is 6.07 Å². The van der Waals surface area contributed by atoms with Crippen molar-refractivity contribution in [3.05, 3.63) is 59.9 Å². The van der Waals surface area contributed by atoms with E-state index in [-0.39, 0.29) is 12.3 Å². The normalized spacial score (nSPS) is 11.9. The lowest BCUT2D eigenvalue weighted by atomic mass is 10.1. The summed E-state index contributed by atoms with van der Waals surface area (Å²) < 4.78 is 42.0. The molecule has 0 heterocycles. The fraction of sp³-hybridized carbons (Fsp3) is 0.188. The van der Waals surface area contributed by atoms with Crippen LogP contribution in [0.2, 0.25) is 0 Å². The lowest BCUT2D eigenvalue weighted by Gasteiger charge is -2.18. The van der Waals surface area contributed by atoms with Gasteiger partial charge in [-0.15, -0.1) is 0 Å². The van der Waals surface area contributed by atoms with Gasteiger partial charge in [-0.1, -0.05) is 30.3 Å². The number of carbonyl (C=O) groups excluding carboxylic acids is 1. The summed E-state index contributed by atoms with van der Waals surface area (Å²) in [6.45, 7) is -3.52. The molecule has 0 aromatic heterocycles. The number of carbonyl (C=O) groups is 1. The number of anilines is 1. The van der Waals surface area contributed by atoms with Gasteiger partial charge in [-0.3, -0.25) is 0 Å². The van der Waals surface area contributed by atoms with Crippen LogP contribution in [0.15, 0.2) is 48.5 Å². The Morgan fingerprint density at radius 2 is 1.88 bits per heavy atom. The lowest BCUT2D eigenvalue weighted by molar-refractivity contribution is -0.0495. The number of ether oxygens (including phenoxy) is 1. The van der Waals surface area contributed by atoms with Crippen molar-refractivity contribution in [1.82, 2.24) is 5.32 Å². The van der Waals surface area contributed by atoms with Crippen molar-refractivity contribution < 1.29 is 27.8 Å². The highest BCUT2D eigenvalue weighted by atomic mass is 19.3. The molecular weight excluding hydrogens is 325 g/mol. The van der Waals surface area contributed by atoms with E-state index in [1.807, 2.05) is 0 Å². The van der Waals surface area contributed by atoms with Gasteiger partial charge in [-0.05, 0) is 17.7 Å². The molecule has 5 nitrogen and oxygen atoms in total. The molecular formula is C16H15F3N2O3. The van der Waals surface area contributed by atoms with Crippen LogP contribution in [-0.2, 0) is 0 Å². The van der Waals surface area contributed by atoms with Gasteiger partial charge >= 0.3 is 12.6 Å². The van der Waals surface area contributed by atoms with E-state index < -0.39 is 30.3 Å². The Morgan fingerprint density at radius 1 is 1.17 bits per heavy atom. The monoisotopic (exact) mass is 340 g/mol. The maximum atomic E-state index is 13.1. The first-order chi connectivity index (χ1) is 11.5. The minimum Gasteiger partial charge on any atom is -0.432 e. The Hall–Kier alpha value is -2.74. The zero-order valence-corrected chi connectivity index (χ0v) is 12.4. The van der Waals surface area contributed by atoms with Crippen molar-refractivity contribution in [3.8, 4) is 5.75 Å². The highest BCUT2D eigenvalue weighted by Crippen LogP contribution is 2.27. The molecule has 0 radical (unpaired) electrons. The van der Waals surface area contributed by atoms with E-state index in [0.717, 1.165) is 18.2 Å². The van der Waals surface area contributed by atoms with Crippen LogP contribution in [0.4, 0.5) is 23.7 Å².